The van der Waals surface area contributed by atoms with E-state index in [9.17, 15) is 9.90 Å². The van der Waals surface area contributed by atoms with Crippen LogP contribution in [0.3, 0.4) is 0 Å². The Hall–Kier alpha value is -0.610. The predicted octanol–water partition coefficient (Wildman–Crippen LogP) is 0.985. The molecule has 3 rings (SSSR count). The lowest BCUT2D eigenvalue weighted by Crippen LogP contribution is -2.54. The van der Waals surface area contributed by atoms with E-state index >= 15 is 0 Å². The van der Waals surface area contributed by atoms with Gasteiger partial charge in [-0.2, -0.15) is 0 Å². The van der Waals surface area contributed by atoms with E-state index in [0.29, 0.717) is 18.0 Å². The van der Waals surface area contributed by atoms with E-state index in [2.05, 4.69) is 11.8 Å². The Morgan fingerprint density at radius 3 is 2.28 bits per heavy atom. The highest BCUT2D eigenvalue weighted by Crippen LogP contribution is 2.37. The summed E-state index contributed by atoms with van der Waals surface area (Å²) in [6.07, 6.45) is 6.18. The first-order valence-corrected chi connectivity index (χ1v) is 7.41. The molecule has 3 heterocycles. The number of aliphatic hydroxyl groups excluding tert-OH is 1. The molecule has 0 aromatic heterocycles. The Morgan fingerprint density at radius 1 is 1.17 bits per heavy atom. The van der Waals surface area contributed by atoms with E-state index in [0.717, 1.165) is 51.6 Å². The number of nitrogens with zero attached hydrogens (tertiary/aromatic N) is 2. The van der Waals surface area contributed by atoms with Gasteiger partial charge in [-0.3, -0.25) is 9.69 Å². The number of rotatable bonds is 2. The normalized spacial score (nSPS) is 38.1. The van der Waals surface area contributed by atoms with Crippen molar-refractivity contribution in [1.29, 1.82) is 0 Å². The molecule has 0 radical (unpaired) electrons. The average molecular weight is 252 g/mol. The summed E-state index contributed by atoms with van der Waals surface area (Å²) in [5.41, 5.74) is 0. The first-order valence-electron chi connectivity index (χ1n) is 7.41. The van der Waals surface area contributed by atoms with Gasteiger partial charge in [0.25, 0.3) is 0 Å². The molecule has 18 heavy (non-hydrogen) atoms. The molecule has 1 N–H and O–H groups in total. The fourth-order valence-corrected chi connectivity index (χ4v) is 4.15. The highest BCUT2D eigenvalue weighted by molar-refractivity contribution is 5.81. The van der Waals surface area contributed by atoms with Gasteiger partial charge in [0.15, 0.2) is 0 Å². The van der Waals surface area contributed by atoms with Crippen LogP contribution in [0.1, 0.15) is 45.4 Å². The van der Waals surface area contributed by atoms with Gasteiger partial charge in [0.1, 0.15) is 0 Å². The van der Waals surface area contributed by atoms with Crippen molar-refractivity contribution >= 4 is 5.91 Å². The van der Waals surface area contributed by atoms with Gasteiger partial charge >= 0.3 is 0 Å². The molecule has 3 saturated heterocycles. The second-order valence-electron chi connectivity index (χ2n) is 6.17. The van der Waals surface area contributed by atoms with Crippen LogP contribution in [0, 0.1) is 0 Å². The van der Waals surface area contributed by atoms with Crippen LogP contribution in [0.2, 0.25) is 0 Å². The molecule has 2 bridgehead atoms. The van der Waals surface area contributed by atoms with Crippen molar-refractivity contribution in [3.63, 3.8) is 0 Å². The molecular weight excluding hydrogens is 228 g/mol. The molecule has 102 valence electrons. The third-order valence-corrected chi connectivity index (χ3v) is 4.99. The van der Waals surface area contributed by atoms with E-state index < -0.39 is 0 Å². The summed E-state index contributed by atoms with van der Waals surface area (Å²) in [5, 5.41) is 9.82. The highest BCUT2D eigenvalue weighted by atomic mass is 16.3. The number of fused-ring (bicyclic) bond motifs is 2. The van der Waals surface area contributed by atoms with Gasteiger partial charge in [0, 0.05) is 25.2 Å². The molecule has 3 aliphatic heterocycles. The lowest BCUT2D eigenvalue weighted by Gasteiger charge is -2.41. The van der Waals surface area contributed by atoms with Crippen LogP contribution in [0.4, 0.5) is 0 Å². The minimum absolute atomic E-state index is 0.00750. The monoisotopic (exact) mass is 252 g/mol. The minimum Gasteiger partial charge on any atom is -0.393 e. The lowest BCUT2D eigenvalue weighted by molar-refractivity contribution is -0.138. The zero-order chi connectivity index (χ0) is 12.7. The molecule has 0 aliphatic carbocycles. The third kappa shape index (κ3) is 2.05. The number of piperidine rings is 1. The zero-order valence-electron chi connectivity index (χ0n) is 11.2. The van der Waals surface area contributed by atoms with Crippen LogP contribution in [0.15, 0.2) is 0 Å². The second-order valence-corrected chi connectivity index (χ2v) is 6.17. The van der Waals surface area contributed by atoms with E-state index in [-0.39, 0.29) is 12.1 Å². The Morgan fingerprint density at radius 2 is 1.72 bits per heavy atom. The van der Waals surface area contributed by atoms with Crippen molar-refractivity contribution in [1.82, 2.24) is 9.80 Å². The summed E-state index contributed by atoms with van der Waals surface area (Å²) in [6.45, 7) is 3.94. The maximum atomic E-state index is 12.5. The molecule has 0 spiro atoms. The Kier molecular flexibility index (Phi) is 3.32. The molecular formula is C14H24N2O2. The summed E-state index contributed by atoms with van der Waals surface area (Å²) < 4.78 is 0. The number of aliphatic hydroxyl groups is 1. The number of likely N-dealkylation sites (tertiary alicyclic amines) is 1. The van der Waals surface area contributed by atoms with Gasteiger partial charge < -0.3 is 10.0 Å². The van der Waals surface area contributed by atoms with Crippen molar-refractivity contribution in [3.05, 3.63) is 0 Å². The van der Waals surface area contributed by atoms with Crippen LogP contribution in [0.25, 0.3) is 0 Å². The van der Waals surface area contributed by atoms with Crippen molar-refractivity contribution in [3.8, 4) is 0 Å². The fourth-order valence-electron chi connectivity index (χ4n) is 4.15. The van der Waals surface area contributed by atoms with Gasteiger partial charge in [-0.25, -0.2) is 0 Å². The molecule has 1 amide bonds. The number of hydrogen-bond donors (Lipinski definition) is 1. The molecule has 3 fully saturated rings. The largest absolute Gasteiger partial charge is 0.393 e. The summed E-state index contributed by atoms with van der Waals surface area (Å²) >= 11 is 0. The summed E-state index contributed by atoms with van der Waals surface area (Å²) in [6, 6.07) is 0.869. The second kappa shape index (κ2) is 4.82. The van der Waals surface area contributed by atoms with E-state index in [1.165, 1.54) is 0 Å². The first kappa shape index (κ1) is 12.4. The average Bonchev–Trinajstić information content (AvgIpc) is 2.95. The molecule has 3 atom stereocenters. The number of carbonyl (C=O) groups excluding carboxylic acids is 1. The third-order valence-electron chi connectivity index (χ3n) is 4.99. The molecule has 0 saturated carbocycles. The number of hydrogen-bond acceptors (Lipinski definition) is 3. The van der Waals surface area contributed by atoms with Crippen LogP contribution in [0.5, 0.6) is 0 Å². The maximum Gasteiger partial charge on any atom is 0.239 e. The van der Waals surface area contributed by atoms with Crippen LogP contribution in [-0.2, 0) is 4.79 Å². The van der Waals surface area contributed by atoms with E-state index in [1.807, 2.05) is 4.90 Å². The van der Waals surface area contributed by atoms with Gasteiger partial charge in [-0.1, -0.05) is 0 Å². The van der Waals surface area contributed by atoms with Crippen molar-refractivity contribution < 1.29 is 9.90 Å². The number of amides is 1. The van der Waals surface area contributed by atoms with Crippen LogP contribution < -0.4 is 0 Å². The number of carbonyl (C=O) groups is 1. The Bertz CT molecular complexity index is 314. The quantitative estimate of drug-likeness (QED) is 0.797. The van der Waals surface area contributed by atoms with E-state index in [4.69, 9.17) is 0 Å². The van der Waals surface area contributed by atoms with Gasteiger partial charge in [-0.15, -0.1) is 0 Å². The minimum atomic E-state index is -0.146. The lowest BCUT2D eigenvalue weighted by atomic mass is 9.97. The highest BCUT2D eigenvalue weighted by Gasteiger charge is 2.44. The molecule has 0 aromatic rings. The Labute approximate surface area is 109 Å². The van der Waals surface area contributed by atoms with E-state index in [1.54, 1.807) is 0 Å². The summed E-state index contributed by atoms with van der Waals surface area (Å²) in [7, 11) is 0. The molecule has 4 nitrogen and oxygen atoms in total. The summed E-state index contributed by atoms with van der Waals surface area (Å²) in [4.78, 5) is 16.9. The SMILES string of the molecule is CC(C(=O)N1CCCC1)N1C2CCC1CC(O)C2. The van der Waals surface area contributed by atoms with Crippen molar-refractivity contribution in [2.24, 2.45) is 0 Å². The topological polar surface area (TPSA) is 43.8 Å². The standard InChI is InChI=1S/C14H24N2O2/c1-10(14(18)15-6-2-3-7-15)16-11-4-5-12(16)9-13(17)8-11/h10-13,17H,2-9H2,1H3. The predicted molar refractivity (Wildman–Crippen MR) is 69.2 cm³/mol. The fraction of sp³-hybridized carbons (Fsp3) is 0.929. The Balaban J connectivity index is 1.69. The first-order chi connectivity index (χ1) is 8.66. The molecule has 4 heteroatoms. The smallest absolute Gasteiger partial charge is 0.239 e. The van der Waals surface area contributed by atoms with Gasteiger partial charge in [-0.05, 0) is 45.4 Å². The maximum absolute atomic E-state index is 12.5. The van der Waals surface area contributed by atoms with Gasteiger partial charge in [0.2, 0.25) is 5.91 Å². The van der Waals surface area contributed by atoms with Crippen LogP contribution >= 0.6 is 0 Å². The molecule has 0 aromatic carbocycles. The molecule has 3 unspecified atom stereocenters. The van der Waals surface area contributed by atoms with Crippen molar-refractivity contribution in [2.45, 2.75) is 69.7 Å². The van der Waals surface area contributed by atoms with Crippen LogP contribution in [-0.4, -0.2) is 58.1 Å². The van der Waals surface area contributed by atoms with Crippen molar-refractivity contribution in [2.75, 3.05) is 13.1 Å². The van der Waals surface area contributed by atoms with Gasteiger partial charge in [0.05, 0.1) is 12.1 Å². The molecule has 3 aliphatic rings. The zero-order valence-corrected chi connectivity index (χ0v) is 11.2. The summed E-state index contributed by atoms with van der Waals surface area (Å²) in [5.74, 6) is 0.306.